The van der Waals surface area contributed by atoms with Crippen LogP contribution in [0.1, 0.15) is 45.1 Å². The number of benzene rings is 1. The van der Waals surface area contributed by atoms with Gasteiger partial charge in [0.15, 0.2) is 11.5 Å². The molecule has 1 saturated carbocycles. The summed E-state index contributed by atoms with van der Waals surface area (Å²) >= 11 is 3.48. The third-order valence-corrected chi connectivity index (χ3v) is 5.11. The molecule has 0 spiro atoms. The van der Waals surface area contributed by atoms with Crippen molar-refractivity contribution in [2.45, 2.75) is 51.5 Å². The molecule has 2 amide bonds. The fraction of sp³-hybridized carbons (Fsp3) is 0.556. The summed E-state index contributed by atoms with van der Waals surface area (Å²) in [5, 5.41) is 2.85. The highest BCUT2D eigenvalue weighted by molar-refractivity contribution is 9.10. The largest absolute Gasteiger partial charge is 0.490 e. The van der Waals surface area contributed by atoms with Gasteiger partial charge in [-0.1, -0.05) is 28.8 Å². The van der Waals surface area contributed by atoms with E-state index in [0.29, 0.717) is 37.6 Å². The molecular formula is C18H25BrN2O4. The Morgan fingerprint density at radius 1 is 1.16 bits per heavy atom. The predicted molar refractivity (Wildman–Crippen MR) is 98.7 cm³/mol. The third-order valence-electron chi connectivity index (χ3n) is 4.37. The molecule has 0 atom stereocenters. The van der Waals surface area contributed by atoms with E-state index in [9.17, 15) is 9.59 Å². The minimum Gasteiger partial charge on any atom is -0.490 e. The van der Waals surface area contributed by atoms with Gasteiger partial charge in [-0.2, -0.15) is 0 Å². The van der Waals surface area contributed by atoms with Gasteiger partial charge in [0.1, 0.15) is 5.54 Å². The fourth-order valence-corrected chi connectivity index (χ4v) is 3.61. The molecule has 0 radical (unpaired) electrons. The van der Waals surface area contributed by atoms with Crippen molar-refractivity contribution in [1.82, 2.24) is 5.32 Å². The lowest BCUT2D eigenvalue weighted by Crippen LogP contribution is -2.56. The van der Waals surface area contributed by atoms with Crippen molar-refractivity contribution >= 4 is 27.7 Å². The Balaban J connectivity index is 2.17. The zero-order chi connectivity index (χ0) is 18.4. The summed E-state index contributed by atoms with van der Waals surface area (Å²) in [7, 11) is 0. The highest BCUT2D eigenvalue weighted by atomic mass is 79.9. The molecule has 0 unspecified atom stereocenters. The predicted octanol–water partition coefficient (Wildman–Crippen LogP) is 2.70. The van der Waals surface area contributed by atoms with Crippen LogP contribution >= 0.6 is 15.9 Å². The van der Waals surface area contributed by atoms with Crippen molar-refractivity contribution < 1.29 is 19.1 Å². The molecule has 0 heterocycles. The lowest BCUT2D eigenvalue weighted by atomic mass is 9.96. The van der Waals surface area contributed by atoms with Gasteiger partial charge >= 0.3 is 0 Å². The van der Waals surface area contributed by atoms with Crippen LogP contribution in [0.2, 0.25) is 0 Å². The summed E-state index contributed by atoms with van der Waals surface area (Å²) in [6.45, 7) is 4.81. The Kier molecular flexibility index (Phi) is 6.70. The summed E-state index contributed by atoms with van der Waals surface area (Å²) in [5.74, 6) is 0.540. The molecule has 1 aromatic rings. The number of hydrogen-bond acceptors (Lipinski definition) is 4. The molecule has 0 saturated heterocycles. The molecule has 138 valence electrons. The van der Waals surface area contributed by atoms with Crippen molar-refractivity contribution in [3.05, 3.63) is 22.2 Å². The summed E-state index contributed by atoms with van der Waals surface area (Å²) in [6, 6.07) is 3.60. The van der Waals surface area contributed by atoms with Gasteiger partial charge in [-0.3, -0.25) is 9.59 Å². The van der Waals surface area contributed by atoms with Gasteiger partial charge in [0.05, 0.1) is 19.6 Å². The number of primary amides is 1. The van der Waals surface area contributed by atoms with E-state index < -0.39 is 11.4 Å². The van der Waals surface area contributed by atoms with Gasteiger partial charge < -0.3 is 20.5 Å². The summed E-state index contributed by atoms with van der Waals surface area (Å²) in [4.78, 5) is 24.3. The number of carbonyl (C=O) groups is 2. The standard InChI is InChI=1S/C18H25BrN2O4/c1-3-24-14-9-12(13(19)11-15(14)25-4-2)10-16(22)21-18(17(20)23)7-5-6-8-18/h9,11H,3-8,10H2,1-2H3,(H2,20,23)(H,21,22). The van der Waals surface area contributed by atoms with Crippen molar-refractivity contribution in [2.75, 3.05) is 13.2 Å². The first-order chi connectivity index (χ1) is 11.9. The molecule has 0 bridgehead atoms. The van der Waals surface area contributed by atoms with Crippen LogP contribution in [-0.4, -0.2) is 30.6 Å². The van der Waals surface area contributed by atoms with E-state index in [-0.39, 0.29) is 12.3 Å². The van der Waals surface area contributed by atoms with Crippen LogP contribution in [-0.2, 0) is 16.0 Å². The number of carbonyl (C=O) groups excluding carboxylic acids is 2. The van der Waals surface area contributed by atoms with E-state index in [0.717, 1.165) is 22.9 Å². The lowest BCUT2D eigenvalue weighted by molar-refractivity contribution is -0.131. The Morgan fingerprint density at radius 2 is 1.72 bits per heavy atom. The number of amides is 2. The average molecular weight is 413 g/mol. The van der Waals surface area contributed by atoms with Gasteiger partial charge in [0, 0.05) is 4.47 Å². The van der Waals surface area contributed by atoms with E-state index in [1.54, 1.807) is 12.1 Å². The van der Waals surface area contributed by atoms with E-state index >= 15 is 0 Å². The monoisotopic (exact) mass is 412 g/mol. The maximum atomic E-state index is 12.5. The van der Waals surface area contributed by atoms with Crippen molar-refractivity contribution in [3.63, 3.8) is 0 Å². The molecule has 1 aliphatic carbocycles. The second-order valence-corrected chi connectivity index (χ2v) is 6.99. The number of rotatable bonds is 8. The Morgan fingerprint density at radius 3 is 2.24 bits per heavy atom. The maximum absolute atomic E-state index is 12.5. The maximum Gasteiger partial charge on any atom is 0.243 e. The topological polar surface area (TPSA) is 90.6 Å². The van der Waals surface area contributed by atoms with Crippen molar-refractivity contribution in [1.29, 1.82) is 0 Å². The Labute approximate surface area is 156 Å². The number of nitrogens with one attached hydrogen (secondary N) is 1. The van der Waals surface area contributed by atoms with E-state index in [2.05, 4.69) is 21.2 Å². The SMILES string of the molecule is CCOc1cc(Br)c(CC(=O)NC2(C(N)=O)CCCC2)cc1OCC. The zero-order valence-corrected chi connectivity index (χ0v) is 16.3. The molecule has 1 fully saturated rings. The second kappa shape index (κ2) is 8.56. The molecule has 2 rings (SSSR count). The second-order valence-electron chi connectivity index (χ2n) is 6.13. The lowest BCUT2D eigenvalue weighted by Gasteiger charge is -2.26. The summed E-state index contributed by atoms with van der Waals surface area (Å²) in [5.41, 5.74) is 5.38. The molecule has 1 aromatic carbocycles. The molecular weight excluding hydrogens is 388 g/mol. The molecule has 0 aromatic heterocycles. The highest BCUT2D eigenvalue weighted by Crippen LogP contribution is 2.34. The van der Waals surface area contributed by atoms with E-state index in [1.165, 1.54) is 0 Å². The van der Waals surface area contributed by atoms with Crippen LogP contribution in [0, 0.1) is 0 Å². The van der Waals surface area contributed by atoms with Crippen LogP contribution in [0.3, 0.4) is 0 Å². The molecule has 25 heavy (non-hydrogen) atoms. The normalized spacial score (nSPS) is 15.6. The molecule has 1 aliphatic rings. The van der Waals surface area contributed by atoms with Crippen molar-refractivity contribution in [3.8, 4) is 11.5 Å². The van der Waals surface area contributed by atoms with Gasteiger partial charge in [-0.05, 0) is 44.4 Å². The number of halogens is 1. The Bertz CT molecular complexity index is 642. The van der Waals surface area contributed by atoms with Crippen LogP contribution in [0.25, 0.3) is 0 Å². The quantitative estimate of drug-likeness (QED) is 0.686. The van der Waals surface area contributed by atoms with Crippen LogP contribution in [0.15, 0.2) is 16.6 Å². The first kappa shape index (κ1) is 19.6. The molecule has 3 N–H and O–H groups in total. The minimum atomic E-state index is -0.905. The van der Waals surface area contributed by atoms with E-state index in [1.807, 2.05) is 13.8 Å². The van der Waals surface area contributed by atoms with Gasteiger partial charge in [-0.25, -0.2) is 0 Å². The zero-order valence-electron chi connectivity index (χ0n) is 14.7. The van der Waals surface area contributed by atoms with Gasteiger partial charge in [-0.15, -0.1) is 0 Å². The van der Waals surface area contributed by atoms with Crippen LogP contribution < -0.4 is 20.5 Å². The Hall–Kier alpha value is -1.76. The average Bonchev–Trinajstić information content (AvgIpc) is 3.02. The molecule has 6 nitrogen and oxygen atoms in total. The van der Waals surface area contributed by atoms with Crippen LogP contribution in [0.4, 0.5) is 0 Å². The van der Waals surface area contributed by atoms with Gasteiger partial charge in [0.2, 0.25) is 11.8 Å². The highest BCUT2D eigenvalue weighted by Gasteiger charge is 2.40. The first-order valence-corrected chi connectivity index (χ1v) is 9.40. The smallest absolute Gasteiger partial charge is 0.243 e. The minimum absolute atomic E-state index is 0.127. The first-order valence-electron chi connectivity index (χ1n) is 8.60. The summed E-state index contributed by atoms with van der Waals surface area (Å²) in [6.07, 6.45) is 3.11. The van der Waals surface area contributed by atoms with Gasteiger partial charge in [0.25, 0.3) is 0 Å². The molecule has 7 heteroatoms. The van der Waals surface area contributed by atoms with Crippen LogP contribution in [0.5, 0.6) is 11.5 Å². The molecule has 0 aliphatic heterocycles. The van der Waals surface area contributed by atoms with E-state index in [4.69, 9.17) is 15.2 Å². The van der Waals surface area contributed by atoms with Crippen molar-refractivity contribution in [2.24, 2.45) is 5.73 Å². The number of ether oxygens (including phenoxy) is 2. The third kappa shape index (κ3) is 4.66. The number of hydrogen-bond donors (Lipinski definition) is 2. The fourth-order valence-electron chi connectivity index (χ4n) is 3.14. The number of nitrogens with two attached hydrogens (primary N) is 1. The summed E-state index contributed by atoms with van der Waals surface area (Å²) < 4.78 is 11.9.